The van der Waals surface area contributed by atoms with Crippen molar-refractivity contribution in [2.45, 2.75) is 0 Å². The second kappa shape index (κ2) is 7.29. The topological polar surface area (TPSA) is 122 Å². The van der Waals surface area contributed by atoms with Crippen molar-refractivity contribution >= 4 is 17.3 Å². The maximum absolute atomic E-state index is 10.9. The number of ether oxygens (including phenoxy) is 1. The number of para-hydroxylation sites is 1. The number of hydrogen-bond donors (Lipinski definition) is 3. The molecule has 8 nitrogen and oxygen atoms in total. The largest absolute Gasteiger partial charge is 0.477 e. The lowest BCUT2D eigenvalue weighted by Crippen LogP contribution is -2.13. The SMILES string of the molecule is O=C(O)c1cccc(NCCOCCO)c1[N+](=O)[O-]. The molecule has 0 aliphatic carbocycles. The number of hydrogen-bond acceptors (Lipinski definition) is 6. The average Bonchev–Trinajstić information content (AvgIpc) is 2.37. The van der Waals surface area contributed by atoms with E-state index in [1.807, 2.05) is 0 Å². The number of anilines is 1. The van der Waals surface area contributed by atoms with Crippen molar-refractivity contribution < 1.29 is 24.7 Å². The van der Waals surface area contributed by atoms with Crippen LogP contribution in [0.1, 0.15) is 10.4 Å². The van der Waals surface area contributed by atoms with Crippen molar-refractivity contribution in [2.24, 2.45) is 0 Å². The first-order chi connectivity index (χ1) is 9.07. The minimum atomic E-state index is -1.35. The van der Waals surface area contributed by atoms with Crippen molar-refractivity contribution in [3.05, 3.63) is 33.9 Å². The Kier molecular flexibility index (Phi) is 5.71. The minimum absolute atomic E-state index is 0.103. The summed E-state index contributed by atoms with van der Waals surface area (Å²) < 4.78 is 4.98. The van der Waals surface area contributed by atoms with Gasteiger partial charge in [0.15, 0.2) is 0 Å². The van der Waals surface area contributed by atoms with Crippen LogP contribution in [0.5, 0.6) is 0 Å². The summed E-state index contributed by atoms with van der Waals surface area (Å²) in [6, 6.07) is 4.03. The number of aromatic carboxylic acids is 1. The summed E-state index contributed by atoms with van der Waals surface area (Å²) in [7, 11) is 0. The molecule has 1 aromatic carbocycles. The number of nitro benzene ring substituents is 1. The lowest BCUT2D eigenvalue weighted by atomic mass is 10.1. The molecule has 0 saturated heterocycles. The first kappa shape index (κ1) is 14.9. The Balaban J connectivity index is 2.80. The maximum Gasteiger partial charge on any atom is 0.342 e. The van der Waals surface area contributed by atoms with Crippen LogP contribution in [0.25, 0.3) is 0 Å². The van der Waals surface area contributed by atoms with Crippen molar-refractivity contribution in [3.63, 3.8) is 0 Å². The van der Waals surface area contributed by atoms with Gasteiger partial charge in [-0.15, -0.1) is 0 Å². The quantitative estimate of drug-likeness (QED) is 0.361. The first-order valence-electron chi connectivity index (χ1n) is 5.51. The third-order valence-electron chi connectivity index (χ3n) is 2.25. The Hall–Kier alpha value is -2.19. The second-order valence-electron chi connectivity index (χ2n) is 3.53. The number of carboxylic acids is 1. The van der Waals surface area contributed by atoms with Crippen LogP contribution in [0, 0.1) is 10.1 Å². The number of nitrogens with zero attached hydrogens (tertiary/aromatic N) is 1. The maximum atomic E-state index is 10.9. The van der Waals surface area contributed by atoms with Crippen LogP contribution in [0.3, 0.4) is 0 Å². The van der Waals surface area contributed by atoms with E-state index in [1.54, 1.807) is 0 Å². The zero-order chi connectivity index (χ0) is 14.3. The van der Waals surface area contributed by atoms with Crippen LogP contribution < -0.4 is 5.32 Å². The van der Waals surface area contributed by atoms with Gasteiger partial charge in [0.25, 0.3) is 0 Å². The number of rotatable bonds is 8. The smallest absolute Gasteiger partial charge is 0.342 e. The fraction of sp³-hybridized carbons (Fsp3) is 0.364. The fourth-order valence-electron chi connectivity index (χ4n) is 1.48. The van der Waals surface area contributed by atoms with Gasteiger partial charge in [0.1, 0.15) is 11.3 Å². The number of nitro groups is 1. The minimum Gasteiger partial charge on any atom is -0.477 e. The summed E-state index contributed by atoms with van der Waals surface area (Å²) >= 11 is 0. The number of benzene rings is 1. The Labute approximate surface area is 108 Å². The van der Waals surface area contributed by atoms with E-state index in [0.717, 1.165) is 0 Å². The van der Waals surface area contributed by atoms with E-state index >= 15 is 0 Å². The molecule has 19 heavy (non-hydrogen) atoms. The van der Waals surface area contributed by atoms with Crippen LogP contribution in [-0.4, -0.2) is 47.5 Å². The molecule has 1 rings (SSSR count). The lowest BCUT2D eigenvalue weighted by molar-refractivity contribution is -0.384. The standard InChI is InChI=1S/C11H14N2O6/c14-5-7-19-6-4-12-9-3-1-2-8(11(15)16)10(9)13(17)18/h1-3,12,14H,4-7H2,(H,15,16). The van der Waals surface area contributed by atoms with Crippen LogP contribution in [0.4, 0.5) is 11.4 Å². The molecule has 0 heterocycles. The molecule has 0 fully saturated rings. The highest BCUT2D eigenvalue weighted by atomic mass is 16.6. The average molecular weight is 270 g/mol. The van der Waals surface area contributed by atoms with Crippen molar-refractivity contribution in [1.82, 2.24) is 0 Å². The third-order valence-corrected chi connectivity index (χ3v) is 2.25. The Morgan fingerprint density at radius 2 is 2.16 bits per heavy atom. The van der Waals surface area contributed by atoms with Crippen LogP contribution in [0.2, 0.25) is 0 Å². The predicted molar refractivity (Wildman–Crippen MR) is 66.5 cm³/mol. The number of aliphatic hydroxyl groups is 1. The van der Waals surface area contributed by atoms with E-state index in [9.17, 15) is 14.9 Å². The first-order valence-corrected chi connectivity index (χ1v) is 5.51. The molecule has 3 N–H and O–H groups in total. The molecule has 0 bridgehead atoms. The monoisotopic (exact) mass is 270 g/mol. The molecule has 0 atom stereocenters. The highest BCUT2D eigenvalue weighted by Gasteiger charge is 2.23. The van der Waals surface area contributed by atoms with Gasteiger partial charge in [-0.05, 0) is 12.1 Å². The van der Waals surface area contributed by atoms with Crippen molar-refractivity contribution in [3.8, 4) is 0 Å². The summed E-state index contributed by atoms with van der Waals surface area (Å²) in [4.78, 5) is 21.1. The van der Waals surface area contributed by atoms with Gasteiger partial charge in [-0.1, -0.05) is 6.07 Å². The van der Waals surface area contributed by atoms with Gasteiger partial charge in [0, 0.05) is 6.54 Å². The molecular weight excluding hydrogens is 256 g/mol. The molecule has 0 unspecified atom stereocenters. The predicted octanol–water partition coefficient (Wildman–Crippen LogP) is 0.714. The summed E-state index contributed by atoms with van der Waals surface area (Å²) in [6.45, 7) is 0.590. The van der Waals surface area contributed by atoms with E-state index in [2.05, 4.69) is 5.32 Å². The van der Waals surface area contributed by atoms with Gasteiger partial charge in [0.2, 0.25) is 0 Å². The number of carbonyl (C=O) groups is 1. The van der Waals surface area contributed by atoms with Gasteiger partial charge in [-0.2, -0.15) is 0 Å². The Bertz CT molecular complexity index is 462. The summed E-state index contributed by atoms with van der Waals surface area (Å²) in [6.07, 6.45) is 0. The van der Waals surface area contributed by atoms with Crippen molar-refractivity contribution in [1.29, 1.82) is 0 Å². The Morgan fingerprint density at radius 1 is 1.42 bits per heavy atom. The highest BCUT2D eigenvalue weighted by molar-refractivity contribution is 5.95. The van der Waals surface area contributed by atoms with E-state index in [-0.39, 0.29) is 37.6 Å². The van der Waals surface area contributed by atoms with E-state index in [0.29, 0.717) is 0 Å². The lowest BCUT2D eigenvalue weighted by Gasteiger charge is -2.08. The summed E-state index contributed by atoms with van der Waals surface area (Å²) in [5, 5.41) is 31.1. The molecule has 0 saturated carbocycles. The van der Waals surface area contributed by atoms with E-state index < -0.39 is 16.6 Å². The van der Waals surface area contributed by atoms with Gasteiger partial charge < -0.3 is 20.3 Å². The van der Waals surface area contributed by atoms with Crippen LogP contribution >= 0.6 is 0 Å². The Morgan fingerprint density at radius 3 is 2.74 bits per heavy atom. The molecule has 0 amide bonds. The van der Waals surface area contributed by atoms with Crippen molar-refractivity contribution in [2.75, 3.05) is 31.7 Å². The number of nitrogens with one attached hydrogen (secondary N) is 1. The molecule has 0 aromatic heterocycles. The number of aliphatic hydroxyl groups excluding tert-OH is 1. The van der Waals surface area contributed by atoms with Gasteiger partial charge in [-0.3, -0.25) is 10.1 Å². The molecule has 104 valence electrons. The van der Waals surface area contributed by atoms with E-state index in [4.69, 9.17) is 14.9 Å². The normalized spacial score (nSPS) is 10.2. The van der Waals surface area contributed by atoms with Gasteiger partial charge >= 0.3 is 11.7 Å². The zero-order valence-electron chi connectivity index (χ0n) is 10.0. The molecular formula is C11H14N2O6. The molecule has 0 aliphatic rings. The third kappa shape index (κ3) is 4.19. The summed E-state index contributed by atoms with van der Waals surface area (Å²) in [5.74, 6) is -1.35. The van der Waals surface area contributed by atoms with Crippen LogP contribution in [0.15, 0.2) is 18.2 Å². The fourth-order valence-corrected chi connectivity index (χ4v) is 1.48. The molecule has 8 heteroatoms. The molecule has 1 aromatic rings. The highest BCUT2D eigenvalue weighted by Crippen LogP contribution is 2.28. The van der Waals surface area contributed by atoms with Crippen LogP contribution in [-0.2, 0) is 4.74 Å². The second-order valence-corrected chi connectivity index (χ2v) is 3.53. The van der Waals surface area contributed by atoms with E-state index in [1.165, 1.54) is 18.2 Å². The van der Waals surface area contributed by atoms with Gasteiger partial charge in [0.05, 0.1) is 24.7 Å². The molecule has 0 radical (unpaired) electrons. The summed E-state index contributed by atoms with van der Waals surface area (Å²) in [5.41, 5.74) is -0.721. The molecule has 0 spiro atoms. The molecule has 0 aliphatic heterocycles. The number of carboxylic acid groups (broad SMARTS) is 1. The van der Waals surface area contributed by atoms with Gasteiger partial charge in [-0.25, -0.2) is 4.79 Å². The zero-order valence-corrected chi connectivity index (χ0v) is 10.0.